The van der Waals surface area contributed by atoms with E-state index in [-0.39, 0.29) is 12.4 Å². The number of halogens is 3. The molecular weight excluding hydrogens is 283 g/mol. The molecule has 0 heterocycles. The summed E-state index contributed by atoms with van der Waals surface area (Å²) in [6.45, 7) is 0.936. The van der Waals surface area contributed by atoms with Crippen LogP contribution in [-0.2, 0) is 0 Å². The van der Waals surface area contributed by atoms with Gasteiger partial charge in [-0.3, -0.25) is 4.59 Å². The zero-order valence-corrected chi connectivity index (χ0v) is 10.1. The standard InChI is InChI=1S/C5H13Br2N2.ClH/c1-9(2,8)4-5(7)3-6;/h5H,3-4,8H2,1-2H3;1H/q+1;/p-1. The average molecular weight is 296 g/mol. The summed E-state index contributed by atoms with van der Waals surface area (Å²) in [5.41, 5.74) is 0. The fraction of sp³-hybridized carbons (Fsp3) is 1.00. The van der Waals surface area contributed by atoms with Crippen molar-refractivity contribution in [1.29, 1.82) is 0 Å². The maximum absolute atomic E-state index is 5.70. The van der Waals surface area contributed by atoms with Gasteiger partial charge in [0.1, 0.15) is 6.54 Å². The van der Waals surface area contributed by atoms with E-state index >= 15 is 0 Å². The molecule has 0 aliphatic rings. The van der Waals surface area contributed by atoms with Crippen molar-refractivity contribution in [3.05, 3.63) is 0 Å². The fourth-order valence-electron chi connectivity index (χ4n) is 0.559. The Morgan fingerprint density at radius 3 is 2.00 bits per heavy atom. The number of hydrogen-bond acceptors (Lipinski definition) is 1. The van der Waals surface area contributed by atoms with Gasteiger partial charge >= 0.3 is 0 Å². The van der Waals surface area contributed by atoms with E-state index in [9.17, 15) is 0 Å². The number of hydrogen-bond donors (Lipinski definition) is 1. The third-order valence-corrected chi connectivity index (χ3v) is 3.10. The van der Waals surface area contributed by atoms with Crippen molar-refractivity contribution in [2.75, 3.05) is 26.0 Å². The maximum Gasteiger partial charge on any atom is 0.109 e. The van der Waals surface area contributed by atoms with Crippen LogP contribution in [0, 0.1) is 0 Å². The lowest BCUT2D eigenvalue weighted by Gasteiger charge is -2.24. The molecule has 0 aromatic heterocycles. The Labute approximate surface area is 85.4 Å². The Morgan fingerprint density at radius 1 is 1.50 bits per heavy atom. The number of rotatable bonds is 3. The van der Waals surface area contributed by atoms with E-state index in [1.54, 1.807) is 0 Å². The Morgan fingerprint density at radius 2 is 1.90 bits per heavy atom. The highest BCUT2D eigenvalue weighted by Crippen LogP contribution is 2.05. The summed E-state index contributed by atoms with van der Waals surface area (Å²) >= 11 is 6.83. The molecule has 5 heteroatoms. The fourth-order valence-corrected chi connectivity index (χ4v) is 1.51. The molecule has 0 amide bonds. The first kappa shape index (κ1) is 13.7. The monoisotopic (exact) mass is 294 g/mol. The summed E-state index contributed by atoms with van der Waals surface area (Å²) in [6, 6.07) is 0. The lowest BCUT2D eigenvalue weighted by atomic mass is 10.4. The Kier molecular flexibility index (Phi) is 7.93. The van der Waals surface area contributed by atoms with E-state index in [0.29, 0.717) is 9.42 Å². The van der Waals surface area contributed by atoms with Crippen LogP contribution in [0.25, 0.3) is 0 Å². The van der Waals surface area contributed by atoms with Crippen LogP contribution in [0.2, 0.25) is 0 Å². The van der Waals surface area contributed by atoms with Gasteiger partial charge in [0.05, 0.1) is 18.9 Å². The quantitative estimate of drug-likeness (QED) is 0.280. The van der Waals surface area contributed by atoms with E-state index in [1.165, 1.54) is 0 Å². The van der Waals surface area contributed by atoms with E-state index in [2.05, 4.69) is 31.9 Å². The van der Waals surface area contributed by atoms with Crippen LogP contribution in [0.15, 0.2) is 0 Å². The first-order valence-corrected chi connectivity index (χ1v) is 4.81. The van der Waals surface area contributed by atoms with Crippen LogP contribution in [0.4, 0.5) is 0 Å². The summed E-state index contributed by atoms with van der Waals surface area (Å²) in [5, 5.41) is 0.950. The van der Waals surface area contributed by atoms with Crippen molar-refractivity contribution in [2.45, 2.75) is 4.83 Å². The zero-order chi connectivity index (χ0) is 7.49. The second-order valence-corrected chi connectivity index (χ2v) is 4.66. The van der Waals surface area contributed by atoms with Crippen molar-refractivity contribution in [2.24, 2.45) is 5.84 Å². The number of nitrogens with two attached hydrogens (primary N) is 1. The molecule has 0 radical (unpaired) electrons. The van der Waals surface area contributed by atoms with E-state index in [4.69, 9.17) is 5.84 Å². The van der Waals surface area contributed by atoms with Crippen molar-refractivity contribution in [1.82, 2.24) is 0 Å². The minimum Gasteiger partial charge on any atom is -1.00 e. The second kappa shape index (κ2) is 5.77. The van der Waals surface area contributed by atoms with E-state index in [0.717, 1.165) is 11.9 Å². The highest BCUT2D eigenvalue weighted by molar-refractivity contribution is 9.12. The van der Waals surface area contributed by atoms with Gasteiger partial charge in [0.15, 0.2) is 0 Å². The number of quaternary nitrogens is 1. The molecule has 0 fully saturated rings. The van der Waals surface area contributed by atoms with E-state index in [1.807, 2.05) is 14.1 Å². The maximum atomic E-state index is 5.70. The van der Waals surface area contributed by atoms with Crippen molar-refractivity contribution in [3.8, 4) is 0 Å². The minimum atomic E-state index is 0. The van der Waals surface area contributed by atoms with Crippen LogP contribution >= 0.6 is 31.9 Å². The molecule has 2 N–H and O–H groups in total. The normalized spacial score (nSPS) is 14.1. The van der Waals surface area contributed by atoms with Gasteiger partial charge in [0, 0.05) is 5.33 Å². The molecule has 0 aromatic rings. The van der Waals surface area contributed by atoms with Gasteiger partial charge in [-0.15, -0.1) is 0 Å². The van der Waals surface area contributed by atoms with Crippen LogP contribution in [0.1, 0.15) is 0 Å². The third-order valence-electron chi connectivity index (χ3n) is 0.836. The lowest BCUT2D eigenvalue weighted by Crippen LogP contribution is -3.00. The molecule has 10 heavy (non-hydrogen) atoms. The van der Waals surface area contributed by atoms with Crippen LogP contribution in [0.5, 0.6) is 0 Å². The Bertz CT molecular complexity index is 84.2. The SMILES string of the molecule is C[N+](C)(N)CC(Br)CBr.[Cl-]. The van der Waals surface area contributed by atoms with Crippen LogP contribution in [0.3, 0.4) is 0 Å². The molecule has 0 rings (SSSR count). The van der Waals surface area contributed by atoms with Gasteiger partial charge in [-0.25, -0.2) is 0 Å². The first-order chi connectivity index (χ1) is 3.95. The third kappa shape index (κ3) is 9.17. The molecule has 0 aromatic carbocycles. The molecule has 0 spiro atoms. The van der Waals surface area contributed by atoms with E-state index < -0.39 is 0 Å². The van der Waals surface area contributed by atoms with Gasteiger partial charge in [-0.05, 0) is 0 Å². The molecule has 2 nitrogen and oxygen atoms in total. The summed E-state index contributed by atoms with van der Waals surface area (Å²) in [6.07, 6.45) is 0. The van der Waals surface area contributed by atoms with Crippen LogP contribution < -0.4 is 18.2 Å². The molecule has 0 saturated carbocycles. The molecule has 0 aliphatic heterocycles. The van der Waals surface area contributed by atoms with Gasteiger partial charge < -0.3 is 12.4 Å². The predicted molar refractivity (Wildman–Crippen MR) is 47.7 cm³/mol. The predicted octanol–water partition coefficient (Wildman–Crippen LogP) is -1.90. The smallest absolute Gasteiger partial charge is 0.109 e. The topological polar surface area (TPSA) is 26.0 Å². The van der Waals surface area contributed by atoms with Gasteiger partial charge in [-0.1, -0.05) is 31.9 Å². The minimum absolute atomic E-state index is 0. The Hall–Kier alpha value is 1.17. The summed E-state index contributed by atoms with van der Waals surface area (Å²) in [5.74, 6) is 5.70. The molecule has 1 atom stereocenters. The molecule has 0 bridgehead atoms. The summed E-state index contributed by atoms with van der Waals surface area (Å²) in [7, 11) is 3.94. The van der Waals surface area contributed by atoms with Crippen molar-refractivity contribution >= 4 is 31.9 Å². The molecule has 0 saturated heterocycles. The molecule has 1 unspecified atom stereocenters. The lowest BCUT2D eigenvalue weighted by molar-refractivity contribution is -0.901. The molecule has 0 aliphatic carbocycles. The molecular formula is C5H13Br2ClN2. The van der Waals surface area contributed by atoms with Crippen LogP contribution in [-0.4, -0.2) is 35.4 Å². The number of nitrogens with zero attached hydrogens (tertiary/aromatic N) is 1. The highest BCUT2D eigenvalue weighted by Gasteiger charge is 2.14. The first-order valence-electron chi connectivity index (χ1n) is 2.77. The van der Waals surface area contributed by atoms with Crippen molar-refractivity contribution in [3.63, 3.8) is 0 Å². The highest BCUT2D eigenvalue weighted by atomic mass is 79.9. The molecule has 64 valence electrons. The average Bonchev–Trinajstić information content (AvgIpc) is 1.62. The second-order valence-electron chi connectivity index (χ2n) is 2.71. The Balaban J connectivity index is 0. The summed E-state index contributed by atoms with van der Waals surface area (Å²) < 4.78 is 0.515. The largest absolute Gasteiger partial charge is 1.00 e. The number of alkyl halides is 2. The van der Waals surface area contributed by atoms with Crippen molar-refractivity contribution < 1.29 is 17.0 Å². The van der Waals surface area contributed by atoms with Gasteiger partial charge in [0.25, 0.3) is 0 Å². The van der Waals surface area contributed by atoms with Gasteiger partial charge in [-0.2, -0.15) is 5.84 Å². The summed E-state index contributed by atoms with van der Waals surface area (Å²) in [4.78, 5) is 0.470. The van der Waals surface area contributed by atoms with Gasteiger partial charge in [0.2, 0.25) is 0 Å². The zero-order valence-electron chi connectivity index (χ0n) is 6.15.